The average molecular weight is 458 g/mol. The molecule has 10 heteroatoms. The first-order valence-electron chi connectivity index (χ1n) is 10.1. The Kier molecular flexibility index (Phi) is 5.79. The third-order valence-electron chi connectivity index (χ3n) is 5.03. The molecule has 0 unspecified atom stereocenters. The zero-order valence-electron chi connectivity index (χ0n) is 17.8. The summed E-state index contributed by atoms with van der Waals surface area (Å²) >= 11 is 0. The highest BCUT2D eigenvalue weighted by Gasteiger charge is 2.41. The summed E-state index contributed by atoms with van der Waals surface area (Å²) < 4.78 is 0. The van der Waals surface area contributed by atoms with Crippen molar-refractivity contribution in [1.82, 2.24) is 5.01 Å². The Balaban J connectivity index is 1.48. The number of hydrogen-bond donors (Lipinski definition) is 3. The van der Waals surface area contributed by atoms with Crippen LogP contribution in [0.4, 0.5) is 21.9 Å². The lowest BCUT2D eigenvalue weighted by Crippen LogP contribution is -2.49. The van der Waals surface area contributed by atoms with Gasteiger partial charge in [-0.05, 0) is 60.7 Å². The monoisotopic (exact) mass is 458 g/mol. The van der Waals surface area contributed by atoms with E-state index in [1.165, 1.54) is 67.6 Å². The summed E-state index contributed by atoms with van der Waals surface area (Å²) in [6, 6.07) is 17.4. The van der Waals surface area contributed by atoms with Gasteiger partial charge in [-0.25, -0.2) is 14.6 Å². The third kappa shape index (κ3) is 4.19. The van der Waals surface area contributed by atoms with E-state index in [9.17, 15) is 24.0 Å². The summed E-state index contributed by atoms with van der Waals surface area (Å²) in [5.41, 5.74) is 1.56. The van der Waals surface area contributed by atoms with Gasteiger partial charge in [0.15, 0.2) is 0 Å². The number of benzene rings is 3. The first kappa shape index (κ1) is 22.2. The number of amides is 5. The van der Waals surface area contributed by atoms with Crippen molar-refractivity contribution in [3.05, 3.63) is 89.5 Å². The van der Waals surface area contributed by atoms with Crippen molar-refractivity contribution in [2.24, 2.45) is 0 Å². The fourth-order valence-corrected chi connectivity index (χ4v) is 3.47. The number of nitrogens with zero attached hydrogens (tertiary/aromatic N) is 2. The molecule has 5 amide bonds. The van der Waals surface area contributed by atoms with Gasteiger partial charge in [0.25, 0.3) is 11.8 Å². The Hall–Kier alpha value is -4.99. The molecule has 0 spiro atoms. The van der Waals surface area contributed by atoms with E-state index in [0.717, 1.165) is 10.0 Å². The number of imide groups is 1. The normalized spacial score (nSPS) is 12.2. The van der Waals surface area contributed by atoms with Crippen molar-refractivity contribution < 1.29 is 29.1 Å². The number of carbonyl (C=O) groups is 5. The molecule has 10 nitrogen and oxygen atoms in total. The standard InChI is InChI=1S/C24H18N4O6/c1-14(29)27(28-21(30)19-4-2-3-5-20(19)22(28)31)18-12-10-17(11-13-18)26-24(34)25-16-8-6-15(7-9-16)23(32)33/h2-13H,1H3,(H,32,33)(H2,25,26,34). The van der Waals surface area contributed by atoms with Gasteiger partial charge in [-0.1, -0.05) is 12.1 Å². The van der Waals surface area contributed by atoms with E-state index in [0.29, 0.717) is 11.4 Å². The molecule has 34 heavy (non-hydrogen) atoms. The number of carbonyl (C=O) groups excluding carboxylic acids is 4. The van der Waals surface area contributed by atoms with Gasteiger partial charge in [0.2, 0.25) is 5.91 Å². The average Bonchev–Trinajstić information content (AvgIpc) is 3.06. The molecule has 0 bridgehead atoms. The molecule has 0 radical (unpaired) electrons. The number of hydrogen-bond acceptors (Lipinski definition) is 5. The van der Waals surface area contributed by atoms with Crippen LogP contribution in [0.2, 0.25) is 0 Å². The lowest BCUT2D eigenvalue weighted by atomic mass is 10.1. The highest BCUT2D eigenvalue weighted by atomic mass is 16.4. The van der Waals surface area contributed by atoms with E-state index in [2.05, 4.69) is 10.6 Å². The first-order valence-corrected chi connectivity index (χ1v) is 10.1. The fraction of sp³-hybridized carbons (Fsp3) is 0.0417. The molecule has 0 fully saturated rings. The largest absolute Gasteiger partial charge is 0.478 e. The van der Waals surface area contributed by atoms with Crippen molar-refractivity contribution >= 4 is 46.8 Å². The van der Waals surface area contributed by atoms with Crippen LogP contribution in [0.5, 0.6) is 0 Å². The van der Waals surface area contributed by atoms with Gasteiger partial charge in [0, 0.05) is 18.3 Å². The van der Waals surface area contributed by atoms with E-state index >= 15 is 0 Å². The molecular formula is C24H18N4O6. The highest BCUT2D eigenvalue weighted by Crippen LogP contribution is 2.28. The summed E-state index contributed by atoms with van der Waals surface area (Å²) in [6.07, 6.45) is 0. The van der Waals surface area contributed by atoms with Crippen LogP contribution in [0, 0.1) is 0 Å². The number of aromatic carboxylic acids is 1. The predicted molar refractivity (Wildman–Crippen MR) is 123 cm³/mol. The minimum absolute atomic E-state index is 0.0923. The minimum atomic E-state index is -1.07. The number of nitrogens with one attached hydrogen (secondary N) is 2. The molecule has 1 aliphatic heterocycles. The van der Waals surface area contributed by atoms with Crippen molar-refractivity contribution in [2.75, 3.05) is 15.6 Å². The summed E-state index contributed by atoms with van der Waals surface area (Å²) in [5, 5.41) is 15.9. The molecule has 170 valence electrons. The number of carboxylic acid groups (broad SMARTS) is 1. The number of anilines is 3. The predicted octanol–water partition coefficient (Wildman–Crippen LogP) is 3.59. The maximum Gasteiger partial charge on any atom is 0.335 e. The molecule has 3 aromatic rings. The zero-order valence-corrected chi connectivity index (χ0v) is 17.8. The summed E-state index contributed by atoms with van der Waals surface area (Å²) in [5.74, 6) is -2.83. The number of fused-ring (bicyclic) bond motifs is 1. The molecule has 0 atom stereocenters. The Bertz CT molecular complexity index is 1280. The molecule has 0 aromatic heterocycles. The summed E-state index contributed by atoms with van der Waals surface area (Å²) in [6.45, 7) is 1.23. The Morgan fingerprint density at radius 3 is 1.68 bits per heavy atom. The van der Waals surface area contributed by atoms with Crippen LogP contribution in [0.1, 0.15) is 38.0 Å². The van der Waals surface area contributed by atoms with Crippen LogP contribution >= 0.6 is 0 Å². The fourth-order valence-electron chi connectivity index (χ4n) is 3.47. The number of carboxylic acids is 1. The van der Waals surface area contributed by atoms with Gasteiger partial charge in [0.05, 0.1) is 22.4 Å². The lowest BCUT2D eigenvalue weighted by molar-refractivity contribution is -0.118. The second kappa shape index (κ2) is 8.87. The molecule has 1 aliphatic rings. The first-order chi connectivity index (χ1) is 16.3. The van der Waals surface area contributed by atoms with Crippen LogP contribution in [-0.2, 0) is 4.79 Å². The zero-order chi connectivity index (χ0) is 24.4. The summed E-state index contributed by atoms with van der Waals surface area (Å²) in [7, 11) is 0. The molecule has 0 saturated heterocycles. The molecule has 3 aromatic carbocycles. The van der Waals surface area contributed by atoms with E-state index in [1.807, 2.05) is 0 Å². The second-order valence-electron chi connectivity index (χ2n) is 7.31. The van der Waals surface area contributed by atoms with Gasteiger partial charge < -0.3 is 15.7 Å². The van der Waals surface area contributed by atoms with Crippen LogP contribution in [0.25, 0.3) is 0 Å². The second-order valence-corrected chi connectivity index (χ2v) is 7.31. The maximum atomic E-state index is 12.8. The van der Waals surface area contributed by atoms with E-state index in [-0.39, 0.29) is 22.4 Å². The molecule has 4 rings (SSSR count). The van der Waals surface area contributed by atoms with E-state index < -0.39 is 29.7 Å². The molecule has 0 saturated carbocycles. The van der Waals surface area contributed by atoms with Crippen LogP contribution < -0.4 is 15.6 Å². The van der Waals surface area contributed by atoms with Crippen LogP contribution in [-0.4, -0.2) is 39.8 Å². The minimum Gasteiger partial charge on any atom is -0.478 e. The van der Waals surface area contributed by atoms with Gasteiger partial charge in [-0.15, -0.1) is 0 Å². The Morgan fingerprint density at radius 1 is 0.765 bits per heavy atom. The number of rotatable bonds is 5. The van der Waals surface area contributed by atoms with Crippen LogP contribution in [0.3, 0.4) is 0 Å². The van der Waals surface area contributed by atoms with Gasteiger partial charge in [-0.2, -0.15) is 5.01 Å². The number of hydrazine groups is 1. The van der Waals surface area contributed by atoms with Gasteiger partial charge >= 0.3 is 12.0 Å². The van der Waals surface area contributed by atoms with Gasteiger partial charge in [0.1, 0.15) is 0 Å². The van der Waals surface area contributed by atoms with Gasteiger partial charge in [-0.3, -0.25) is 14.4 Å². The highest BCUT2D eigenvalue weighted by molar-refractivity contribution is 6.24. The molecule has 1 heterocycles. The van der Waals surface area contributed by atoms with E-state index in [1.54, 1.807) is 12.1 Å². The third-order valence-corrected chi connectivity index (χ3v) is 5.03. The molecule has 3 N–H and O–H groups in total. The summed E-state index contributed by atoms with van der Waals surface area (Å²) in [4.78, 5) is 61.1. The Labute approximate surface area is 193 Å². The van der Waals surface area contributed by atoms with Crippen molar-refractivity contribution in [3.63, 3.8) is 0 Å². The van der Waals surface area contributed by atoms with Crippen molar-refractivity contribution in [2.45, 2.75) is 6.92 Å². The van der Waals surface area contributed by atoms with Crippen LogP contribution in [0.15, 0.2) is 72.8 Å². The SMILES string of the molecule is CC(=O)N(c1ccc(NC(=O)Nc2ccc(C(=O)O)cc2)cc1)N1C(=O)c2ccccc2C1=O. The molecular weight excluding hydrogens is 440 g/mol. The Morgan fingerprint density at radius 2 is 1.24 bits per heavy atom. The van der Waals surface area contributed by atoms with Crippen molar-refractivity contribution in [3.8, 4) is 0 Å². The lowest BCUT2D eigenvalue weighted by Gasteiger charge is -2.29. The maximum absolute atomic E-state index is 12.8. The quantitative estimate of drug-likeness (QED) is 0.500. The van der Waals surface area contributed by atoms with E-state index in [4.69, 9.17) is 5.11 Å². The number of urea groups is 1. The molecule has 0 aliphatic carbocycles. The van der Waals surface area contributed by atoms with Crippen molar-refractivity contribution in [1.29, 1.82) is 0 Å². The smallest absolute Gasteiger partial charge is 0.335 e. The topological polar surface area (TPSA) is 136 Å².